The van der Waals surface area contributed by atoms with Crippen LogP contribution in [0, 0.1) is 0 Å². The number of nitrogens with zero attached hydrogens (tertiary/aromatic N) is 5. The summed E-state index contributed by atoms with van der Waals surface area (Å²) in [7, 11) is 1.85. The molecule has 0 fully saturated rings. The van der Waals surface area contributed by atoms with Crippen LogP contribution in [0.3, 0.4) is 0 Å². The monoisotopic (exact) mass is 223 g/mol. The Balaban J connectivity index is 2.53. The molecule has 5 heteroatoms. The van der Waals surface area contributed by atoms with Crippen molar-refractivity contribution in [3.8, 4) is 0 Å². The summed E-state index contributed by atoms with van der Waals surface area (Å²) in [6.45, 7) is 0. The molecule has 17 heavy (non-hydrogen) atoms. The van der Waals surface area contributed by atoms with E-state index in [1.165, 1.54) is 0 Å². The highest BCUT2D eigenvalue weighted by Crippen LogP contribution is 2.28. The third kappa shape index (κ3) is 1.33. The fourth-order valence-electron chi connectivity index (χ4n) is 2.10. The van der Waals surface area contributed by atoms with Gasteiger partial charge in [0.05, 0.1) is 11.0 Å². The van der Waals surface area contributed by atoms with Crippen LogP contribution in [0.5, 0.6) is 0 Å². The van der Waals surface area contributed by atoms with Gasteiger partial charge in [-0.25, -0.2) is 4.98 Å². The summed E-state index contributed by atoms with van der Waals surface area (Å²) in [5, 5.41) is 5.84. The average Bonchev–Trinajstić information content (AvgIpc) is 2.67. The van der Waals surface area contributed by atoms with Crippen LogP contribution in [0.4, 0.5) is 5.95 Å². The van der Waals surface area contributed by atoms with Crippen LogP contribution in [0.25, 0.3) is 32.2 Å². The molecule has 3 rings (SSSR count). The minimum Gasteiger partial charge on any atom is -0.325 e. The Morgan fingerprint density at radius 3 is 2.88 bits per heavy atom. The van der Waals surface area contributed by atoms with Gasteiger partial charge in [0.15, 0.2) is 5.95 Å². The van der Waals surface area contributed by atoms with Crippen LogP contribution >= 0.6 is 0 Å². The van der Waals surface area contributed by atoms with E-state index in [0.29, 0.717) is 5.95 Å². The summed E-state index contributed by atoms with van der Waals surface area (Å²) in [5.41, 5.74) is 10.3. The van der Waals surface area contributed by atoms with Gasteiger partial charge < -0.3 is 4.57 Å². The maximum absolute atomic E-state index is 8.49. The Labute approximate surface area is 96.9 Å². The average molecular weight is 223 g/mol. The summed E-state index contributed by atoms with van der Waals surface area (Å²) in [4.78, 5) is 7.08. The fraction of sp³-hybridized carbons (Fsp3) is 0.0833. The Morgan fingerprint density at radius 1 is 1.24 bits per heavy atom. The van der Waals surface area contributed by atoms with Crippen molar-refractivity contribution in [2.24, 2.45) is 12.2 Å². The van der Waals surface area contributed by atoms with Crippen molar-refractivity contribution in [3.63, 3.8) is 0 Å². The molecule has 0 atom stereocenters. The first kappa shape index (κ1) is 9.69. The summed E-state index contributed by atoms with van der Waals surface area (Å²) < 4.78 is 1.82. The summed E-state index contributed by atoms with van der Waals surface area (Å²) in [6.07, 6.45) is 0. The molecule has 0 N–H and O–H groups in total. The van der Waals surface area contributed by atoms with Crippen molar-refractivity contribution in [2.75, 3.05) is 0 Å². The van der Waals surface area contributed by atoms with E-state index in [1.807, 2.05) is 41.9 Å². The maximum atomic E-state index is 8.49. The smallest absolute Gasteiger partial charge is 0.197 e. The Kier molecular flexibility index (Phi) is 2.00. The topological polar surface area (TPSA) is 66.6 Å². The number of rotatable bonds is 1. The predicted molar refractivity (Wildman–Crippen MR) is 67.0 cm³/mol. The molecule has 0 amide bonds. The van der Waals surface area contributed by atoms with E-state index in [9.17, 15) is 0 Å². The zero-order valence-electron chi connectivity index (χ0n) is 9.20. The first-order chi connectivity index (χ1) is 8.31. The first-order valence-corrected chi connectivity index (χ1v) is 5.20. The highest BCUT2D eigenvalue weighted by Gasteiger charge is 2.08. The lowest BCUT2D eigenvalue weighted by atomic mass is 10.1. The molecule has 0 spiro atoms. The molecule has 0 radical (unpaired) electrons. The van der Waals surface area contributed by atoms with Gasteiger partial charge in [-0.2, -0.15) is 0 Å². The van der Waals surface area contributed by atoms with Gasteiger partial charge in [0.25, 0.3) is 0 Å². The maximum Gasteiger partial charge on any atom is 0.197 e. The second-order valence-electron chi connectivity index (χ2n) is 3.81. The molecular weight excluding hydrogens is 214 g/mol. The molecule has 0 bridgehead atoms. The molecule has 2 aromatic carbocycles. The van der Waals surface area contributed by atoms with Crippen LogP contribution in [-0.2, 0) is 7.05 Å². The van der Waals surface area contributed by atoms with E-state index in [1.54, 1.807) is 0 Å². The number of hydrogen-bond donors (Lipinski definition) is 0. The number of azide groups is 1. The van der Waals surface area contributed by atoms with Gasteiger partial charge in [-0.05, 0) is 22.1 Å². The van der Waals surface area contributed by atoms with Gasteiger partial charge in [0.1, 0.15) is 0 Å². The van der Waals surface area contributed by atoms with Crippen LogP contribution < -0.4 is 0 Å². The number of fused-ring (bicyclic) bond motifs is 3. The molecule has 82 valence electrons. The SMILES string of the molecule is Cn1c(N=[N+]=[N-])nc2ccc3ccccc3c21. The number of hydrogen-bond acceptors (Lipinski definition) is 2. The molecule has 5 nitrogen and oxygen atoms in total. The van der Waals surface area contributed by atoms with Crippen molar-refractivity contribution in [3.05, 3.63) is 46.8 Å². The van der Waals surface area contributed by atoms with E-state index < -0.39 is 0 Å². The molecule has 1 heterocycles. The summed E-state index contributed by atoms with van der Waals surface area (Å²) >= 11 is 0. The predicted octanol–water partition coefficient (Wildman–Crippen LogP) is 3.67. The van der Waals surface area contributed by atoms with Crippen molar-refractivity contribution >= 4 is 27.8 Å². The standard InChI is InChI=1S/C12H9N5/c1-17-11-9-5-3-2-4-8(9)6-7-10(11)14-12(17)15-16-13/h2-7H,1H3. The molecule has 3 aromatic rings. The zero-order chi connectivity index (χ0) is 11.8. The van der Waals surface area contributed by atoms with E-state index in [4.69, 9.17) is 5.53 Å². The minimum absolute atomic E-state index is 0.388. The summed E-state index contributed by atoms with van der Waals surface area (Å²) in [5.74, 6) is 0.388. The van der Waals surface area contributed by atoms with Gasteiger partial charge in [-0.15, -0.1) is 0 Å². The normalized spacial score (nSPS) is 10.6. The van der Waals surface area contributed by atoms with Crippen LogP contribution in [0.1, 0.15) is 0 Å². The second kappa shape index (κ2) is 3.50. The zero-order valence-corrected chi connectivity index (χ0v) is 9.20. The van der Waals surface area contributed by atoms with Crippen LogP contribution in [-0.4, -0.2) is 9.55 Å². The lowest BCUT2D eigenvalue weighted by Crippen LogP contribution is -1.87. The Morgan fingerprint density at radius 2 is 2.06 bits per heavy atom. The summed E-state index contributed by atoms with van der Waals surface area (Å²) in [6, 6.07) is 12.0. The Hall–Kier alpha value is -2.52. The van der Waals surface area contributed by atoms with Gasteiger partial charge >= 0.3 is 0 Å². The number of imidazole rings is 1. The number of aromatic nitrogens is 2. The van der Waals surface area contributed by atoms with Gasteiger partial charge in [-0.1, -0.05) is 30.3 Å². The largest absolute Gasteiger partial charge is 0.325 e. The van der Waals surface area contributed by atoms with Gasteiger partial charge in [-0.3, -0.25) is 0 Å². The lowest BCUT2D eigenvalue weighted by Gasteiger charge is -2.01. The Bertz CT molecular complexity index is 765. The van der Waals surface area contributed by atoms with Crippen LogP contribution in [0.2, 0.25) is 0 Å². The molecule has 0 saturated carbocycles. The van der Waals surface area contributed by atoms with Crippen molar-refractivity contribution in [1.29, 1.82) is 0 Å². The fourth-order valence-corrected chi connectivity index (χ4v) is 2.10. The van der Waals surface area contributed by atoms with Crippen molar-refractivity contribution < 1.29 is 0 Å². The molecule has 0 aliphatic heterocycles. The molecular formula is C12H9N5. The highest BCUT2D eigenvalue weighted by molar-refractivity contribution is 6.05. The number of aryl methyl sites for hydroxylation is 1. The number of benzene rings is 2. The van der Waals surface area contributed by atoms with E-state index in [2.05, 4.69) is 21.1 Å². The quantitative estimate of drug-likeness (QED) is 0.352. The third-order valence-corrected chi connectivity index (χ3v) is 2.87. The van der Waals surface area contributed by atoms with Crippen LogP contribution in [0.15, 0.2) is 41.5 Å². The lowest BCUT2D eigenvalue weighted by molar-refractivity contribution is 0.942. The van der Waals surface area contributed by atoms with Gasteiger partial charge in [0.2, 0.25) is 0 Å². The molecule has 0 aliphatic rings. The third-order valence-electron chi connectivity index (χ3n) is 2.87. The van der Waals surface area contributed by atoms with E-state index in [0.717, 1.165) is 21.8 Å². The van der Waals surface area contributed by atoms with E-state index >= 15 is 0 Å². The van der Waals surface area contributed by atoms with Crippen molar-refractivity contribution in [1.82, 2.24) is 9.55 Å². The molecule has 0 saturated heterocycles. The highest BCUT2D eigenvalue weighted by atomic mass is 15.3. The first-order valence-electron chi connectivity index (χ1n) is 5.20. The molecule has 0 aliphatic carbocycles. The molecule has 1 aromatic heterocycles. The van der Waals surface area contributed by atoms with Gasteiger partial charge in [0, 0.05) is 17.3 Å². The van der Waals surface area contributed by atoms with E-state index in [-0.39, 0.29) is 0 Å². The second-order valence-corrected chi connectivity index (χ2v) is 3.81. The molecule has 0 unspecified atom stereocenters. The minimum atomic E-state index is 0.388. The van der Waals surface area contributed by atoms with Crippen molar-refractivity contribution in [2.45, 2.75) is 0 Å².